The summed E-state index contributed by atoms with van der Waals surface area (Å²) in [6, 6.07) is 26.3. The summed E-state index contributed by atoms with van der Waals surface area (Å²) in [5.41, 5.74) is 4.10. The normalized spacial score (nSPS) is 10.6. The number of unbranched alkanes of at least 4 members (excludes halogenated alkanes) is 1. The van der Waals surface area contributed by atoms with Gasteiger partial charge >= 0.3 is 6.03 Å². The van der Waals surface area contributed by atoms with Gasteiger partial charge in [-0.3, -0.25) is 4.79 Å². The van der Waals surface area contributed by atoms with Gasteiger partial charge < -0.3 is 20.3 Å². The number of aromatic nitrogens is 2. The number of methoxy groups -OCH3 is 1. The number of benzene rings is 3. The highest BCUT2D eigenvalue weighted by molar-refractivity contribution is 5.97. The summed E-state index contributed by atoms with van der Waals surface area (Å²) in [5.74, 6) is 0.921. The summed E-state index contributed by atoms with van der Waals surface area (Å²) < 4.78 is 6.96. The van der Waals surface area contributed by atoms with E-state index in [4.69, 9.17) is 9.84 Å². The van der Waals surface area contributed by atoms with E-state index in [0.717, 1.165) is 46.8 Å². The van der Waals surface area contributed by atoms with E-state index >= 15 is 0 Å². The van der Waals surface area contributed by atoms with E-state index in [2.05, 4.69) is 17.6 Å². The fourth-order valence-corrected chi connectivity index (χ4v) is 4.00. The Morgan fingerprint density at radius 2 is 1.66 bits per heavy atom. The van der Waals surface area contributed by atoms with E-state index in [-0.39, 0.29) is 18.5 Å². The van der Waals surface area contributed by atoms with Crippen molar-refractivity contribution < 1.29 is 14.3 Å². The number of hydrogen-bond donors (Lipinski definition) is 2. The maximum Gasteiger partial charge on any atom is 0.322 e. The van der Waals surface area contributed by atoms with Gasteiger partial charge in [0.1, 0.15) is 18.1 Å². The number of rotatable bonds is 10. The second-order valence-electron chi connectivity index (χ2n) is 8.96. The van der Waals surface area contributed by atoms with Crippen LogP contribution in [-0.4, -0.2) is 46.8 Å². The number of ether oxygens (including phenoxy) is 1. The van der Waals surface area contributed by atoms with Crippen LogP contribution in [0.2, 0.25) is 0 Å². The molecule has 196 valence electrons. The predicted octanol–water partition coefficient (Wildman–Crippen LogP) is 6.13. The van der Waals surface area contributed by atoms with Crippen molar-refractivity contribution in [3.8, 4) is 22.7 Å². The number of carbonyl (C=O) groups excluding carboxylic acids is 2. The Kier molecular flexibility index (Phi) is 8.77. The molecule has 0 spiro atoms. The summed E-state index contributed by atoms with van der Waals surface area (Å²) in [5, 5.41) is 10.7. The number of nitrogens with zero attached hydrogens (tertiary/aromatic N) is 3. The summed E-state index contributed by atoms with van der Waals surface area (Å²) in [4.78, 5) is 27.9. The number of aryl methyl sites for hydroxylation is 1. The molecule has 4 rings (SSSR count). The third kappa shape index (κ3) is 6.59. The molecular formula is C30H33N5O3. The second-order valence-corrected chi connectivity index (χ2v) is 8.96. The molecule has 0 unspecified atom stereocenters. The topological polar surface area (TPSA) is 88.5 Å². The first-order valence-corrected chi connectivity index (χ1v) is 12.7. The Labute approximate surface area is 223 Å². The first kappa shape index (κ1) is 26.5. The lowest BCUT2D eigenvalue weighted by molar-refractivity contribution is -0.116. The fourth-order valence-electron chi connectivity index (χ4n) is 4.00. The van der Waals surface area contributed by atoms with E-state index < -0.39 is 0 Å². The minimum Gasteiger partial charge on any atom is -0.497 e. The molecule has 3 amide bonds. The molecule has 1 aromatic heterocycles. The van der Waals surface area contributed by atoms with Gasteiger partial charge in [0.05, 0.1) is 18.5 Å². The van der Waals surface area contributed by atoms with Crippen molar-refractivity contribution in [2.45, 2.75) is 26.7 Å². The number of amides is 3. The summed E-state index contributed by atoms with van der Waals surface area (Å²) >= 11 is 0. The van der Waals surface area contributed by atoms with E-state index in [9.17, 15) is 9.59 Å². The lowest BCUT2D eigenvalue weighted by atomic mass is 10.1. The van der Waals surface area contributed by atoms with Crippen LogP contribution >= 0.6 is 0 Å². The minimum atomic E-state index is -0.310. The van der Waals surface area contributed by atoms with Crippen LogP contribution < -0.4 is 15.4 Å². The molecule has 0 aliphatic rings. The second kappa shape index (κ2) is 12.6. The Bertz CT molecular complexity index is 1370. The average Bonchev–Trinajstić information content (AvgIpc) is 3.36. The van der Waals surface area contributed by atoms with Gasteiger partial charge in [-0.2, -0.15) is 5.10 Å². The van der Waals surface area contributed by atoms with Gasteiger partial charge in [-0.05, 0) is 49.2 Å². The third-order valence-corrected chi connectivity index (χ3v) is 6.15. The lowest BCUT2D eigenvalue weighted by Gasteiger charge is -2.23. The molecule has 8 heteroatoms. The van der Waals surface area contributed by atoms with Gasteiger partial charge in [-0.25, -0.2) is 9.48 Å². The SMILES string of the molecule is CCCCN(CC(=O)Nc1cc(-c2ccccc2)nn1-c1ccc(OC)cc1)C(=O)Nc1ccccc1C. The third-order valence-electron chi connectivity index (χ3n) is 6.15. The van der Waals surface area contributed by atoms with Crippen LogP contribution in [0.15, 0.2) is 84.9 Å². The quantitative estimate of drug-likeness (QED) is 0.268. The van der Waals surface area contributed by atoms with Crippen molar-refractivity contribution in [1.82, 2.24) is 14.7 Å². The minimum absolute atomic E-state index is 0.0911. The Morgan fingerprint density at radius 1 is 0.947 bits per heavy atom. The number of carbonyl (C=O) groups is 2. The zero-order valence-electron chi connectivity index (χ0n) is 22.0. The van der Waals surface area contributed by atoms with Crippen LogP contribution in [0.5, 0.6) is 5.75 Å². The molecule has 38 heavy (non-hydrogen) atoms. The molecule has 0 saturated heterocycles. The Morgan fingerprint density at radius 3 is 2.34 bits per heavy atom. The van der Waals surface area contributed by atoms with E-state index in [1.165, 1.54) is 4.90 Å². The van der Waals surface area contributed by atoms with Crippen molar-refractivity contribution in [2.75, 3.05) is 30.8 Å². The molecule has 0 aliphatic heterocycles. The zero-order valence-corrected chi connectivity index (χ0v) is 22.0. The molecule has 0 atom stereocenters. The van der Waals surface area contributed by atoms with Crippen LogP contribution in [0.1, 0.15) is 25.3 Å². The Hall–Kier alpha value is -4.59. The van der Waals surface area contributed by atoms with E-state index in [0.29, 0.717) is 12.4 Å². The van der Waals surface area contributed by atoms with E-state index in [1.54, 1.807) is 11.8 Å². The maximum atomic E-state index is 13.2. The highest BCUT2D eigenvalue weighted by Crippen LogP contribution is 2.26. The molecule has 0 fully saturated rings. The number of anilines is 2. The number of urea groups is 1. The van der Waals surface area contributed by atoms with Gasteiger partial charge in [0, 0.05) is 23.9 Å². The average molecular weight is 512 g/mol. The summed E-state index contributed by atoms with van der Waals surface area (Å²) in [6.45, 7) is 4.36. The lowest BCUT2D eigenvalue weighted by Crippen LogP contribution is -2.41. The van der Waals surface area contributed by atoms with Crippen LogP contribution in [0, 0.1) is 6.92 Å². The molecule has 2 N–H and O–H groups in total. The number of nitrogens with one attached hydrogen (secondary N) is 2. The molecule has 0 bridgehead atoms. The van der Waals surface area contributed by atoms with Gasteiger partial charge in [-0.15, -0.1) is 0 Å². The van der Waals surface area contributed by atoms with Crippen LogP contribution in [-0.2, 0) is 4.79 Å². The highest BCUT2D eigenvalue weighted by Gasteiger charge is 2.20. The first-order chi connectivity index (χ1) is 18.5. The first-order valence-electron chi connectivity index (χ1n) is 12.7. The van der Waals surface area contributed by atoms with Crippen molar-refractivity contribution >= 4 is 23.4 Å². The van der Waals surface area contributed by atoms with Crippen molar-refractivity contribution in [3.63, 3.8) is 0 Å². The molecule has 8 nitrogen and oxygen atoms in total. The fraction of sp³-hybridized carbons (Fsp3) is 0.233. The number of hydrogen-bond acceptors (Lipinski definition) is 4. The van der Waals surface area contributed by atoms with Gasteiger partial charge in [0.2, 0.25) is 5.91 Å². The summed E-state index contributed by atoms with van der Waals surface area (Å²) in [6.07, 6.45) is 1.69. The van der Waals surface area contributed by atoms with E-state index in [1.807, 2.05) is 91.9 Å². The number of para-hydroxylation sites is 1. The van der Waals surface area contributed by atoms with Crippen molar-refractivity contribution in [2.24, 2.45) is 0 Å². The zero-order chi connectivity index (χ0) is 26.9. The van der Waals surface area contributed by atoms with Gasteiger partial charge in [-0.1, -0.05) is 61.9 Å². The molecule has 4 aromatic rings. The van der Waals surface area contributed by atoms with Gasteiger partial charge in [0.15, 0.2) is 0 Å². The Balaban J connectivity index is 1.56. The van der Waals surface area contributed by atoms with Crippen LogP contribution in [0.3, 0.4) is 0 Å². The predicted molar refractivity (Wildman–Crippen MR) is 151 cm³/mol. The molecule has 3 aromatic carbocycles. The molecule has 0 aliphatic carbocycles. The maximum absolute atomic E-state index is 13.2. The molecule has 0 saturated carbocycles. The molecule has 0 radical (unpaired) electrons. The van der Waals surface area contributed by atoms with Crippen LogP contribution in [0.25, 0.3) is 16.9 Å². The smallest absolute Gasteiger partial charge is 0.322 e. The largest absolute Gasteiger partial charge is 0.497 e. The van der Waals surface area contributed by atoms with Crippen molar-refractivity contribution in [3.05, 3.63) is 90.5 Å². The monoisotopic (exact) mass is 511 g/mol. The summed E-state index contributed by atoms with van der Waals surface area (Å²) in [7, 11) is 1.61. The van der Waals surface area contributed by atoms with Gasteiger partial charge in [0.25, 0.3) is 0 Å². The van der Waals surface area contributed by atoms with Crippen LogP contribution in [0.4, 0.5) is 16.3 Å². The highest BCUT2D eigenvalue weighted by atomic mass is 16.5. The molecular weight excluding hydrogens is 478 g/mol. The molecule has 1 heterocycles. The van der Waals surface area contributed by atoms with Crippen molar-refractivity contribution in [1.29, 1.82) is 0 Å². The standard InChI is InChI=1S/C30H33N5O3/c1-4-5-19-34(30(37)31-26-14-10-9-11-22(26)2)21-29(36)32-28-20-27(23-12-7-6-8-13-23)33-35(28)24-15-17-25(38-3)18-16-24/h6-18,20H,4-5,19,21H2,1-3H3,(H,31,37)(H,32,36).